The summed E-state index contributed by atoms with van der Waals surface area (Å²) in [5, 5.41) is 4.54. The average Bonchev–Trinajstić information content (AvgIpc) is 2.59. The Kier molecular flexibility index (Phi) is 5.04. The molecule has 0 atom stereocenters. The molecule has 0 radical (unpaired) electrons. The molecule has 130 valence electrons. The number of para-hydroxylation sites is 1. The van der Waals surface area contributed by atoms with Gasteiger partial charge in [0.15, 0.2) is 9.84 Å². The van der Waals surface area contributed by atoms with E-state index in [2.05, 4.69) is 23.3 Å². The van der Waals surface area contributed by atoms with Crippen LogP contribution in [0.5, 0.6) is 0 Å². The van der Waals surface area contributed by atoms with Crippen molar-refractivity contribution < 1.29 is 8.42 Å². The number of pyridine rings is 1. The molecule has 0 saturated heterocycles. The minimum Gasteiger partial charge on any atom is -0.380 e. The molecule has 0 fully saturated rings. The van der Waals surface area contributed by atoms with Crippen molar-refractivity contribution in [1.82, 2.24) is 4.98 Å². The summed E-state index contributed by atoms with van der Waals surface area (Å²) in [5.74, 6) is 0.0577. The third-order valence-electron chi connectivity index (χ3n) is 4.14. The third kappa shape index (κ3) is 4.37. The van der Waals surface area contributed by atoms with Gasteiger partial charge in [-0.05, 0) is 29.7 Å². The van der Waals surface area contributed by atoms with Crippen molar-refractivity contribution in [2.75, 3.05) is 11.6 Å². The first-order valence-electron chi connectivity index (χ1n) is 8.33. The van der Waals surface area contributed by atoms with Crippen LogP contribution in [0.15, 0.2) is 54.6 Å². The molecule has 0 saturated carbocycles. The predicted octanol–water partition coefficient (Wildman–Crippen LogP) is 3.95. The third-order valence-corrected chi connectivity index (χ3v) is 4.97. The summed E-state index contributed by atoms with van der Waals surface area (Å²) in [5.41, 5.74) is 4.86. The van der Waals surface area contributed by atoms with Crippen LogP contribution in [0.1, 0.15) is 23.7 Å². The molecule has 4 nitrogen and oxygen atoms in total. The maximum Gasteiger partial charge on any atom is 0.151 e. The summed E-state index contributed by atoms with van der Waals surface area (Å²) in [6, 6.07) is 17.8. The van der Waals surface area contributed by atoms with E-state index in [0.717, 1.165) is 39.8 Å². The molecule has 0 spiro atoms. The minimum atomic E-state index is -3.07. The van der Waals surface area contributed by atoms with Gasteiger partial charge in [0.2, 0.25) is 0 Å². The Bertz CT molecular complexity index is 998. The van der Waals surface area contributed by atoms with Gasteiger partial charge in [-0.3, -0.25) is 4.98 Å². The fraction of sp³-hybridized carbons (Fsp3) is 0.250. The van der Waals surface area contributed by atoms with Crippen molar-refractivity contribution in [3.63, 3.8) is 0 Å². The first-order valence-corrected chi connectivity index (χ1v) is 10.4. The number of benzene rings is 2. The first kappa shape index (κ1) is 17.4. The highest BCUT2D eigenvalue weighted by Crippen LogP contribution is 2.24. The van der Waals surface area contributed by atoms with Crippen LogP contribution >= 0.6 is 0 Å². The summed E-state index contributed by atoms with van der Waals surface area (Å²) in [6.07, 6.45) is 2.13. The minimum absolute atomic E-state index is 0.0577. The predicted molar refractivity (Wildman–Crippen MR) is 103 cm³/mol. The molecule has 0 aliphatic rings. The second-order valence-corrected chi connectivity index (χ2v) is 8.36. The molecule has 0 aliphatic carbocycles. The van der Waals surface area contributed by atoms with Crippen LogP contribution in [-0.2, 0) is 28.6 Å². The Morgan fingerprint density at radius 1 is 1.00 bits per heavy atom. The van der Waals surface area contributed by atoms with E-state index in [9.17, 15) is 8.42 Å². The molecular weight excluding hydrogens is 332 g/mol. The highest BCUT2D eigenvalue weighted by Gasteiger charge is 2.10. The molecular formula is C20H22N2O2S. The number of rotatable bonds is 6. The van der Waals surface area contributed by atoms with E-state index in [1.807, 2.05) is 48.5 Å². The second-order valence-electron chi connectivity index (χ2n) is 6.22. The standard InChI is InChI=1S/C20H22N2O2S/c1-3-17-12-20(18-10-6-7-11-19(18)22-17)21-13-15-8-4-5-9-16(15)14-25(2,23)24/h4-12H,3,13-14H2,1-2H3,(H,21,22). The molecule has 0 aliphatic heterocycles. The summed E-state index contributed by atoms with van der Waals surface area (Å²) in [7, 11) is -3.07. The molecule has 3 aromatic rings. The molecule has 0 bridgehead atoms. The number of nitrogens with zero attached hydrogens (tertiary/aromatic N) is 1. The highest BCUT2D eigenvalue weighted by atomic mass is 32.2. The van der Waals surface area contributed by atoms with E-state index < -0.39 is 9.84 Å². The van der Waals surface area contributed by atoms with Crippen LogP contribution in [0.4, 0.5) is 5.69 Å². The van der Waals surface area contributed by atoms with E-state index in [1.165, 1.54) is 6.26 Å². The number of anilines is 1. The Morgan fingerprint density at radius 2 is 1.68 bits per heavy atom. The lowest BCUT2D eigenvalue weighted by molar-refractivity contribution is 0.601. The van der Waals surface area contributed by atoms with Crippen molar-refractivity contribution in [2.45, 2.75) is 25.6 Å². The van der Waals surface area contributed by atoms with Gasteiger partial charge in [0.05, 0.1) is 11.3 Å². The van der Waals surface area contributed by atoms with E-state index in [-0.39, 0.29) is 5.75 Å². The maximum absolute atomic E-state index is 11.7. The lowest BCUT2D eigenvalue weighted by Gasteiger charge is -2.14. The number of hydrogen-bond donors (Lipinski definition) is 1. The fourth-order valence-electron chi connectivity index (χ4n) is 2.90. The van der Waals surface area contributed by atoms with E-state index in [1.54, 1.807) is 0 Å². The molecule has 0 amide bonds. The topological polar surface area (TPSA) is 59.1 Å². The smallest absolute Gasteiger partial charge is 0.151 e. The highest BCUT2D eigenvalue weighted by molar-refractivity contribution is 7.89. The SMILES string of the molecule is CCc1cc(NCc2ccccc2CS(C)(=O)=O)c2ccccc2n1. The largest absolute Gasteiger partial charge is 0.380 e. The zero-order valence-electron chi connectivity index (χ0n) is 14.5. The summed E-state index contributed by atoms with van der Waals surface area (Å²) in [6.45, 7) is 2.66. The Balaban J connectivity index is 1.91. The van der Waals surface area contributed by atoms with Gasteiger partial charge >= 0.3 is 0 Å². The van der Waals surface area contributed by atoms with Gasteiger partial charge in [-0.1, -0.05) is 49.4 Å². The quantitative estimate of drug-likeness (QED) is 0.728. The van der Waals surface area contributed by atoms with Crippen LogP contribution in [-0.4, -0.2) is 19.7 Å². The molecule has 1 heterocycles. The number of aromatic nitrogens is 1. The number of nitrogens with one attached hydrogen (secondary N) is 1. The first-order chi connectivity index (χ1) is 12.0. The van der Waals surface area contributed by atoms with Gasteiger partial charge < -0.3 is 5.32 Å². The zero-order chi connectivity index (χ0) is 17.9. The van der Waals surface area contributed by atoms with Crippen molar-refractivity contribution in [3.05, 3.63) is 71.4 Å². The van der Waals surface area contributed by atoms with Crippen LogP contribution in [0.2, 0.25) is 0 Å². The molecule has 0 unspecified atom stereocenters. The van der Waals surface area contributed by atoms with Gasteiger partial charge in [0.1, 0.15) is 0 Å². The summed E-state index contributed by atoms with van der Waals surface area (Å²) >= 11 is 0. The molecule has 25 heavy (non-hydrogen) atoms. The lowest BCUT2D eigenvalue weighted by Crippen LogP contribution is -2.08. The van der Waals surface area contributed by atoms with E-state index >= 15 is 0 Å². The van der Waals surface area contributed by atoms with E-state index in [4.69, 9.17) is 0 Å². The molecule has 1 N–H and O–H groups in total. The average molecular weight is 354 g/mol. The second kappa shape index (κ2) is 7.23. The van der Waals surface area contributed by atoms with Crippen molar-refractivity contribution >= 4 is 26.4 Å². The zero-order valence-corrected chi connectivity index (χ0v) is 15.3. The maximum atomic E-state index is 11.7. The van der Waals surface area contributed by atoms with Gasteiger partial charge in [0.25, 0.3) is 0 Å². The Labute approximate surface area is 148 Å². The van der Waals surface area contributed by atoms with E-state index in [0.29, 0.717) is 6.54 Å². The van der Waals surface area contributed by atoms with Crippen LogP contribution < -0.4 is 5.32 Å². The van der Waals surface area contributed by atoms with Gasteiger partial charge in [-0.2, -0.15) is 0 Å². The fourth-order valence-corrected chi connectivity index (χ4v) is 3.75. The Hall–Kier alpha value is -2.40. The van der Waals surface area contributed by atoms with Crippen LogP contribution in [0.25, 0.3) is 10.9 Å². The molecule has 1 aromatic heterocycles. The molecule has 5 heteroatoms. The monoisotopic (exact) mass is 354 g/mol. The van der Waals surface area contributed by atoms with Gasteiger partial charge in [-0.15, -0.1) is 0 Å². The van der Waals surface area contributed by atoms with Crippen LogP contribution in [0, 0.1) is 0 Å². The summed E-state index contributed by atoms with van der Waals surface area (Å²) < 4.78 is 23.3. The van der Waals surface area contributed by atoms with Gasteiger partial charge in [0, 0.05) is 29.6 Å². The van der Waals surface area contributed by atoms with Crippen molar-refractivity contribution in [3.8, 4) is 0 Å². The number of fused-ring (bicyclic) bond motifs is 1. The lowest BCUT2D eigenvalue weighted by atomic mass is 10.1. The van der Waals surface area contributed by atoms with Gasteiger partial charge in [-0.25, -0.2) is 8.42 Å². The number of aryl methyl sites for hydroxylation is 1. The molecule has 3 rings (SSSR count). The normalized spacial score (nSPS) is 11.6. The van der Waals surface area contributed by atoms with Crippen LogP contribution in [0.3, 0.4) is 0 Å². The molecule has 2 aromatic carbocycles. The Morgan fingerprint density at radius 3 is 2.40 bits per heavy atom. The summed E-state index contributed by atoms with van der Waals surface area (Å²) in [4.78, 5) is 4.66. The van der Waals surface area contributed by atoms with Crippen molar-refractivity contribution in [2.24, 2.45) is 0 Å². The number of sulfone groups is 1. The van der Waals surface area contributed by atoms with Crippen molar-refractivity contribution in [1.29, 1.82) is 0 Å². The number of hydrogen-bond acceptors (Lipinski definition) is 4.